The molecule has 0 aromatic carbocycles. The lowest BCUT2D eigenvalue weighted by Crippen LogP contribution is -2.50. The Balaban J connectivity index is 1.73. The van der Waals surface area contributed by atoms with E-state index >= 15 is 0 Å². The molecule has 2 fully saturated rings. The van der Waals surface area contributed by atoms with Crippen LogP contribution in [0.5, 0.6) is 0 Å². The third-order valence-corrected chi connectivity index (χ3v) is 4.39. The summed E-state index contributed by atoms with van der Waals surface area (Å²) < 4.78 is 0. The normalized spacial score (nSPS) is 29.3. The quantitative estimate of drug-likeness (QED) is 0.811. The predicted molar refractivity (Wildman–Crippen MR) is 71.1 cm³/mol. The number of hydrogen-bond donors (Lipinski definition) is 1. The maximum atomic E-state index is 10.1. The molecule has 2 rings (SSSR count). The summed E-state index contributed by atoms with van der Waals surface area (Å²) in [6, 6.07) is 0.801. The van der Waals surface area contributed by atoms with Crippen molar-refractivity contribution in [3.05, 3.63) is 0 Å². The molecule has 0 aliphatic carbocycles. The van der Waals surface area contributed by atoms with Crippen molar-refractivity contribution >= 4 is 0 Å². The van der Waals surface area contributed by atoms with E-state index in [0.717, 1.165) is 19.0 Å². The number of hydrogen-bond acceptors (Lipinski definition) is 3. The van der Waals surface area contributed by atoms with Crippen LogP contribution in [0.4, 0.5) is 0 Å². The van der Waals surface area contributed by atoms with E-state index < -0.39 is 0 Å². The van der Waals surface area contributed by atoms with Crippen LogP contribution in [0.1, 0.15) is 40.0 Å². The summed E-state index contributed by atoms with van der Waals surface area (Å²) in [5.74, 6) is 0. The van der Waals surface area contributed by atoms with Gasteiger partial charge in [-0.15, -0.1) is 0 Å². The van der Waals surface area contributed by atoms with Gasteiger partial charge < -0.3 is 10.0 Å². The van der Waals surface area contributed by atoms with E-state index in [-0.39, 0.29) is 11.5 Å². The zero-order chi connectivity index (χ0) is 12.5. The molecule has 0 saturated carbocycles. The highest BCUT2D eigenvalue weighted by Crippen LogP contribution is 2.24. The van der Waals surface area contributed by atoms with Crippen LogP contribution < -0.4 is 0 Å². The van der Waals surface area contributed by atoms with Crippen molar-refractivity contribution in [2.75, 3.05) is 32.7 Å². The minimum atomic E-state index is -0.177. The molecule has 1 N–H and O–H groups in total. The van der Waals surface area contributed by atoms with Gasteiger partial charge in [0.15, 0.2) is 0 Å². The van der Waals surface area contributed by atoms with Crippen LogP contribution in [0.15, 0.2) is 0 Å². The molecule has 2 aliphatic rings. The number of aliphatic hydroxyl groups is 1. The highest BCUT2D eigenvalue weighted by molar-refractivity contribution is 4.87. The van der Waals surface area contributed by atoms with Crippen LogP contribution in [-0.2, 0) is 0 Å². The van der Waals surface area contributed by atoms with Gasteiger partial charge in [-0.1, -0.05) is 20.8 Å². The second-order valence-corrected chi connectivity index (χ2v) is 6.80. The molecular formula is C14H28N2O. The third kappa shape index (κ3) is 3.43. The van der Waals surface area contributed by atoms with Crippen LogP contribution in [0.3, 0.4) is 0 Å². The van der Waals surface area contributed by atoms with Gasteiger partial charge in [0.1, 0.15) is 0 Å². The molecule has 0 bridgehead atoms. The Morgan fingerprint density at radius 1 is 1.24 bits per heavy atom. The second-order valence-electron chi connectivity index (χ2n) is 6.80. The Morgan fingerprint density at radius 2 is 2.00 bits per heavy atom. The first-order valence-electron chi connectivity index (χ1n) is 7.11. The molecule has 100 valence electrons. The van der Waals surface area contributed by atoms with Gasteiger partial charge in [0, 0.05) is 32.2 Å². The topological polar surface area (TPSA) is 26.7 Å². The molecule has 17 heavy (non-hydrogen) atoms. The molecule has 2 atom stereocenters. The minimum absolute atomic E-state index is 0.0230. The summed E-state index contributed by atoms with van der Waals surface area (Å²) >= 11 is 0. The Morgan fingerprint density at radius 3 is 2.71 bits per heavy atom. The number of rotatable bonds is 3. The minimum Gasteiger partial charge on any atom is -0.393 e. The number of aliphatic hydroxyl groups excluding tert-OH is 1. The molecule has 2 heterocycles. The SMILES string of the molecule is CC(C)(C)C(O)CCN1CCN2CCCC2C1. The van der Waals surface area contributed by atoms with Gasteiger partial charge in [0.25, 0.3) is 0 Å². The first-order chi connectivity index (χ1) is 7.97. The molecule has 0 aromatic rings. The summed E-state index contributed by atoms with van der Waals surface area (Å²) in [6.45, 7) is 12.4. The van der Waals surface area contributed by atoms with Crippen molar-refractivity contribution in [1.29, 1.82) is 0 Å². The number of nitrogens with zero attached hydrogens (tertiary/aromatic N) is 2. The fraction of sp³-hybridized carbons (Fsp3) is 1.00. The lowest BCUT2D eigenvalue weighted by Gasteiger charge is -2.38. The first-order valence-corrected chi connectivity index (χ1v) is 7.11. The average Bonchev–Trinajstić information content (AvgIpc) is 2.71. The molecule has 3 heteroatoms. The summed E-state index contributed by atoms with van der Waals surface area (Å²) in [4.78, 5) is 5.18. The summed E-state index contributed by atoms with van der Waals surface area (Å²) in [5, 5.41) is 10.1. The summed E-state index contributed by atoms with van der Waals surface area (Å²) in [5.41, 5.74) is 0.0230. The van der Waals surface area contributed by atoms with Crippen molar-refractivity contribution in [1.82, 2.24) is 9.80 Å². The van der Waals surface area contributed by atoms with E-state index in [2.05, 4.69) is 30.6 Å². The van der Waals surface area contributed by atoms with Crippen molar-refractivity contribution in [3.63, 3.8) is 0 Å². The van der Waals surface area contributed by atoms with Gasteiger partial charge in [-0.05, 0) is 31.2 Å². The van der Waals surface area contributed by atoms with E-state index in [1.165, 1.54) is 39.0 Å². The van der Waals surface area contributed by atoms with Gasteiger partial charge in [0.2, 0.25) is 0 Å². The summed E-state index contributed by atoms with van der Waals surface area (Å²) in [6.07, 6.45) is 3.49. The molecule has 0 spiro atoms. The molecule has 3 nitrogen and oxygen atoms in total. The zero-order valence-corrected chi connectivity index (χ0v) is 11.7. The van der Waals surface area contributed by atoms with Crippen LogP contribution in [0.25, 0.3) is 0 Å². The monoisotopic (exact) mass is 240 g/mol. The molecule has 0 aromatic heterocycles. The smallest absolute Gasteiger partial charge is 0.0600 e. The fourth-order valence-corrected chi connectivity index (χ4v) is 3.00. The molecule has 0 amide bonds. The highest BCUT2D eigenvalue weighted by Gasteiger charge is 2.31. The van der Waals surface area contributed by atoms with E-state index in [0.29, 0.717) is 0 Å². The van der Waals surface area contributed by atoms with E-state index in [1.54, 1.807) is 0 Å². The van der Waals surface area contributed by atoms with Gasteiger partial charge in [-0.25, -0.2) is 0 Å². The Kier molecular flexibility index (Phi) is 4.11. The second kappa shape index (κ2) is 5.25. The Labute approximate surface area is 106 Å². The van der Waals surface area contributed by atoms with Gasteiger partial charge in [0.05, 0.1) is 6.10 Å². The maximum Gasteiger partial charge on any atom is 0.0600 e. The van der Waals surface area contributed by atoms with Gasteiger partial charge in [-0.3, -0.25) is 4.90 Å². The first kappa shape index (κ1) is 13.3. The van der Waals surface area contributed by atoms with Crippen LogP contribution >= 0.6 is 0 Å². The van der Waals surface area contributed by atoms with Crippen LogP contribution in [0.2, 0.25) is 0 Å². The van der Waals surface area contributed by atoms with Crippen molar-refractivity contribution in [3.8, 4) is 0 Å². The molecule has 2 unspecified atom stereocenters. The molecule has 2 saturated heterocycles. The standard InChI is InChI=1S/C14H28N2O/c1-14(2,3)13(17)6-8-15-9-10-16-7-4-5-12(16)11-15/h12-13,17H,4-11H2,1-3H3. The Hall–Kier alpha value is -0.120. The summed E-state index contributed by atoms with van der Waals surface area (Å²) in [7, 11) is 0. The third-order valence-electron chi connectivity index (χ3n) is 4.39. The molecule has 2 aliphatic heterocycles. The van der Waals surface area contributed by atoms with Crippen LogP contribution in [0, 0.1) is 5.41 Å². The van der Waals surface area contributed by atoms with Crippen molar-refractivity contribution in [2.24, 2.45) is 5.41 Å². The van der Waals surface area contributed by atoms with Crippen LogP contribution in [-0.4, -0.2) is 59.8 Å². The maximum absolute atomic E-state index is 10.1. The van der Waals surface area contributed by atoms with Gasteiger partial charge >= 0.3 is 0 Å². The molecule has 0 radical (unpaired) electrons. The van der Waals surface area contributed by atoms with E-state index in [1.807, 2.05) is 0 Å². The lowest BCUT2D eigenvalue weighted by atomic mass is 9.87. The zero-order valence-electron chi connectivity index (χ0n) is 11.7. The largest absolute Gasteiger partial charge is 0.393 e. The Bertz CT molecular complexity index is 249. The van der Waals surface area contributed by atoms with Gasteiger partial charge in [-0.2, -0.15) is 0 Å². The van der Waals surface area contributed by atoms with E-state index in [4.69, 9.17) is 0 Å². The fourth-order valence-electron chi connectivity index (χ4n) is 3.00. The van der Waals surface area contributed by atoms with Crippen molar-refractivity contribution in [2.45, 2.75) is 52.2 Å². The van der Waals surface area contributed by atoms with E-state index in [9.17, 15) is 5.11 Å². The predicted octanol–water partition coefficient (Wildman–Crippen LogP) is 1.56. The highest BCUT2D eigenvalue weighted by atomic mass is 16.3. The number of piperazine rings is 1. The van der Waals surface area contributed by atoms with Crippen molar-refractivity contribution < 1.29 is 5.11 Å². The average molecular weight is 240 g/mol. The number of fused-ring (bicyclic) bond motifs is 1. The molecular weight excluding hydrogens is 212 g/mol. The lowest BCUT2D eigenvalue weighted by molar-refractivity contribution is 0.0339.